The molecule has 1 N–H and O–H groups in total. The van der Waals surface area contributed by atoms with Crippen LogP contribution >= 0.6 is 11.3 Å². The van der Waals surface area contributed by atoms with Crippen molar-refractivity contribution < 1.29 is 9.59 Å². The zero-order valence-electron chi connectivity index (χ0n) is 16.5. The molecule has 2 heterocycles. The van der Waals surface area contributed by atoms with Crippen LogP contribution in [-0.2, 0) is 13.0 Å². The van der Waals surface area contributed by atoms with E-state index < -0.39 is 5.91 Å². The Bertz CT molecular complexity index is 1370. The smallest absolute Gasteiger partial charge is 0.278 e. The highest BCUT2D eigenvalue weighted by Gasteiger charge is 2.24. The van der Waals surface area contributed by atoms with Gasteiger partial charge in [0, 0.05) is 11.8 Å². The SMILES string of the molecule is O=C1CCCc2nc(NC(=O)c3nn(Cc4ccccc4)c(=O)c4ccccc34)sc21. The number of rotatable bonds is 4. The molecule has 0 saturated heterocycles. The molecule has 5 rings (SSSR count). The molecule has 7 nitrogen and oxygen atoms in total. The van der Waals surface area contributed by atoms with E-state index in [-0.39, 0.29) is 23.6 Å². The second-order valence-electron chi connectivity index (χ2n) is 7.37. The van der Waals surface area contributed by atoms with Gasteiger partial charge in [-0.15, -0.1) is 0 Å². The summed E-state index contributed by atoms with van der Waals surface area (Å²) in [7, 11) is 0. The highest BCUT2D eigenvalue weighted by molar-refractivity contribution is 7.17. The van der Waals surface area contributed by atoms with Gasteiger partial charge in [0.1, 0.15) is 0 Å². The maximum absolute atomic E-state index is 13.1. The van der Waals surface area contributed by atoms with Gasteiger partial charge < -0.3 is 0 Å². The number of fused-ring (bicyclic) bond motifs is 2. The van der Waals surface area contributed by atoms with Crippen molar-refractivity contribution in [2.45, 2.75) is 25.8 Å². The summed E-state index contributed by atoms with van der Waals surface area (Å²) in [5.74, 6) is -0.393. The molecule has 0 bridgehead atoms. The Balaban J connectivity index is 1.54. The van der Waals surface area contributed by atoms with Crippen LogP contribution in [0.1, 0.15) is 44.3 Å². The Morgan fingerprint density at radius 2 is 1.74 bits per heavy atom. The summed E-state index contributed by atoms with van der Waals surface area (Å²) in [5, 5.41) is 8.44. The van der Waals surface area contributed by atoms with Crippen LogP contribution in [0.5, 0.6) is 0 Å². The minimum atomic E-state index is -0.462. The maximum Gasteiger partial charge on any atom is 0.278 e. The molecule has 8 heteroatoms. The molecule has 0 saturated carbocycles. The van der Waals surface area contributed by atoms with E-state index in [0.717, 1.165) is 24.1 Å². The molecule has 1 amide bonds. The van der Waals surface area contributed by atoms with Gasteiger partial charge >= 0.3 is 0 Å². The molecule has 4 aromatic rings. The number of amides is 1. The molecule has 0 radical (unpaired) electrons. The van der Waals surface area contributed by atoms with Crippen molar-refractivity contribution in [3.05, 3.63) is 86.8 Å². The molecule has 1 aliphatic carbocycles. The number of Topliss-reactive ketones (excluding diaryl/α,β-unsaturated/α-hetero) is 1. The molecule has 0 atom stereocenters. The molecule has 1 aliphatic rings. The molecule has 2 aromatic heterocycles. The number of aromatic nitrogens is 3. The fraction of sp³-hybridized carbons (Fsp3) is 0.174. The van der Waals surface area contributed by atoms with Crippen molar-refractivity contribution in [2.75, 3.05) is 5.32 Å². The Labute approximate surface area is 181 Å². The number of nitrogens with one attached hydrogen (secondary N) is 1. The third kappa shape index (κ3) is 3.66. The molecular formula is C23H18N4O3S. The molecule has 0 aliphatic heterocycles. The van der Waals surface area contributed by atoms with Crippen LogP contribution in [0.25, 0.3) is 10.8 Å². The monoisotopic (exact) mass is 430 g/mol. The highest BCUT2D eigenvalue weighted by atomic mass is 32.1. The Kier molecular flexibility index (Phi) is 4.91. The highest BCUT2D eigenvalue weighted by Crippen LogP contribution is 2.30. The van der Waals surface area contributed by atoms with Gasteiger partial charge in [-0.05, 0) is 24.5 Å². The van der Waals surface area contributed by atoms with Crippen LogP contribution in [0, 0.1) is 0 Å². The summed E-state index contributed by atoms with van der Waals surface area (Å²) >= 11 is 1.19. The van der Waals surface area contributed by atoms with Crippen molar-refractivity contribution >= 4 is 38.9 Å². The fourth-order valence-corrected chi connectivity index (χ4v) is 4.72. The van der Waals surface area contributed by atoms with E-state index in [9.17, 15) is 14.4 Å². The minimum Gasteiger partial charge on any atom is -0.296 e. The Morgan fingerprint density at radius 1 is 1.00 bits per heavy atom. The number of anilines is 1. The number of hydrogen-bond acceptors (Lipinski definition) is 6. The van der Waals surface area contributed by atoms with Crippen molar-refractivity contribution in [2.24, 2.45) is 0 Å². The van der Waals surface area contributed by atoms with E-state index in [2.05, 4.69) is 15.4 Å². The summed E-state index contributed by atoms with van der Waals surface area (Å²) < 4.78 is 1.31. The van der Waals surface area contributed by atoms with Crippen molar-refractivity contribution in [1.29, 1.82) is 0 Å². The standard InChI is InChI=1S/C23H18N4O3S/c28-18-12-6-11-17-20(18)31-23(24-17)25-21(29)19-15-9-4-5-10-16(15)22(30)27(26-19)13-14-7-2-1-3-8-14/h1-5,7-10H,6,11-13H2,(H,24,25,29). The Hall–Kier alpha value is -3.65. The number of hydrogen-bond donors (Lipinski definition) is 1. The normalized spacial score (nSPS) is 13.2. The predicted octanol–water partition coefficient (Wildman–Crippen LogP) is 3.67. The predicted molar refractivity (Wildman–Crippen MR) is 119 cm³/mol. The molecule has 0 spiro atoms. The lowest BCUT2D eigenvalue weighted by Crippen LogP contribution is -2.28. The summed E-state index contributed by atoms with van der Waals surface area (Å²) in [5.41, 5.74) is 1.53. The van der Waals surface area contributed by atoms with Gasteiger partial charge in [-0.3, -0.25) is 19.7 Å². The average molecular weight is 430 g/mol. The van der Waals surface area contributed by atoms with Crippen LogP contribution in [-0.4, -0.2) is 26.5 Å². The van der Waals surface area contributed by atoms with Gasteiger partial charge in [-0.1, -0.05) is 59.9 Å². The molecule has 31 heavy (non-hydrogen) atoms. The quantitative estimate of drug-likeness (QED) is 0.533. The Morgan fingerprint density at radius 3 is 2.52 bits per heavy atom. The van der Waals surface area contributed by atoms with Gasteiger partial charge in [-0.2, -0.15) is 5.10 Å². The first kappa shape index (κ1) is 19.3. The maximum atomic E-state index is 13.1. The summed E-state index contributed by atoms with van der Waals surface area (Å²) in [6, 6.07) is 16.4. The van der Waals surface area contributed by atoms with Gasteiger partial charge in [0.25, 0.3) is 11.5 Å². The van der Waals surface area contributed by atoms with Crippen molar-refractivity contribution in [3.8, 4) is 0 Å². The lowest BCUT2D eigenvalue weighted by molar-refractivity contribution is 0.0975. The largest absolute Gasteiger partial charge is 0.296 e. The second-order valence-corrected chi connectivity index (χ2v) is 8.37. The number of nitrogens with zero attached hydrogens (tertiary/aromatic N) is 3. The molecule has 0 unspecified atom stereocenters. The zero-order valence-corrected chi connectivity index (χ0v) is 17.3. The molecule has 2 aromatic carbocycles. The lowest BCUT2D eigenvalue weighted by atomic mass is 10.0. The number of thiazole rings is 1. The van der Waals surface area contributed by atoms with Gasteiger partial charge in [0.05, 0.1) is 22.5 Å². The number of carbonyl (C=O) groups excluding carboxylic acids is 2. The topological polar surface area (TPSA) is 93.9 Å². The number of benzene rings is 2. The lowest BCUT2D eigenvalue weighted by Gasteiger charge is -2.10. The molecule has 0 fully saturated rings. The van der Waals surface area contributed by atoms with Gasteiger partial charge in [-0.25, -0.2) is 9.67 Å². The first-order valence-electron chi connectivity index (χ1n) is 9.98. The third-order valence-electron chi connectivity index (χ3n) is 5.25. The van der Waals surface area contributed by atoms with Crippen LogP contribution in [0.3, 0.4) is 0 Å². The van der Waals surface area contributed by atoms with Crippen LogP contribution in [0.4, 0.5) is 5.13 Å². The van der Waals surface area contributed by atoms with Crippen molar-refractivity contribution in [1.82, 2.24) is 14.8 Å². The number of carbonyl (C=O) groups is 2. The van der Waals surface area contributed by atoms with Crippen LogP contribution in [0.2, 0.25) is 0 Å². The zero-order chi connectivity index (χ0) is 21.4. The fourth-order valence-electron chi connectivity index (χ4n) is 3.75. The van der Waals surface area contributed by atoms with E-state index in [0.29, 0.717) is 27.2 Å². The van der Waals surface area contributed by atoms with Gasteiger partial charge in [0.15, 0.2) is 16.6 Å². The van der Waals surface area contributed by atoms with Crippen LogP contribution < -0.4 is 10.9 Å². The van der Waals surface area contributed by atoms with E-state index in [1.165, 1.54) is 16.0 Å². The summed E-state index contributed by atoms with van der Waals surface area (Å²) in [4.78, 5) is 43.2. The van der Waals surface area contributed by atoms with E-state index in [1.54, 1.807) is 24.3 Å². The molecule has 154 valence electrons. The third-order valence-corrected chi connectivity index (χ3v) is 6.30. The van der Waals surface area contributed by atoms with E-state index in [1.807, 2.05) is 30.3 Å². The van der Waals surface area contributed by atoms with Gasteiger partial charge in [0.2, 0.25) is 0 Å². The van der Waals surface area contributed by atoms with E-state index in [4.69, 9.17) is 0 Å². The number of aryl methyl sites for hydroxylation is 1. The number of ketones is 1. The van der Waals surface area contributed by atoms with E-state index >= 15 is 0 Å². The summed E-state index contributed by atoms with van der Waals surface area (Å²) in [6.07, 6.45) is 2.02. The van der Waals surface area contributed by atoms with Crippen molar-refractivity contribution in [3.63, 3.8) is 0 Å². The van der Waals surface area contributed by atoms with Crippen LogP contribution in [0.15, 0.2) is 59.4 Å². The second kappa shape index (κ2) is 7.88. The summed E-state index contributed by atoms with van der Waals surface area (Å²) in [6.45, 7) is 0.255. The first-order valence-corrected chi connectivity index (χ1v) is 10.8. The average Bonchev–Trinajstić information content (AvgIpc) is 3.20. The molecular weight excluding hydrogens is 412 g/mol. The minimum absolute atomic E-state index is 0.0687. The first-order chi connectivity index (χ1) is 15.1.